The van der Waals surface area contributed by atoms with Gasteiger partial charge in [-0.25, -0.2) is 13.8 Å². The Bertz CT molecular complexity index is 1100. The third-order valence-corrected chi connectivity index (χ3v) is 5.30. The Kier molecular flexibility index (Phi) is 6.03. The van der Waals surface area contributed by atoms with Crippen molar-refractivity contribution in [2.75, 3.05) is 32.8 Å². The number of H-pyrrole nitrogens is 1. The molecule has 0 atom stereocenters. The van der Waals surface area contributed by atoms with Gasteiger partial charge in [0.2, 0.25) is 0 Å². The van der Waals surface area contributed by atoms with Gasteiger partial charge in [0.1, 0.15) is 5.75 Å². The van der Waals surface area contributed by atoms with E-state index >= 15 is 0 Å². The fourth-order valence-electron chi connectivity index (χ4n) is 3.37. The van der Waals surface area contributed by atoms with Crippen molar-refractivity contribution in [3.8, 4) is 5.75 Å². The Morgan fingerprint density at radius 3 is 2.42 bits per heavy atom. The van der Waals surface area contributed by atoms with Crippen LogP contribution in [0.25, 0.3) is 11.0 Å². The normalized spacial score (nSPS) is 14.3. The minimum Gasteiger partial charge on any atom is -0.484 e. The molecule has 4 rings (SSSR count). The zero-order valence-corrected chi connectivity index (χ0v) is 17.1. The molecule has 31 heavy (non-hydrogen) atoms. The molecule has 0 radical (unpaired) electrons. The molecule has 1 aromatic heterocycles. The summed E-state index contributed by atoms with van der Waals surface area (Å²) in [6, 6.07) is 11.4. The monoisotopic (exact) mass is 448 g/mol. The summed E-state index contributed by atoms with van der Waals surface area (Å²) >= 11 is 5.82. The van der Waals surface area contributed by atoms with Gasteiger partial charge in [0.05, 0.1) is 11.0 Å². The average molecular weight is 449 g/mol. The second kappa shape index (κ2) is 8.89. The van der Waals surface area contributed by atoms with Gasteiger partial charge in [-0.05, 0) is 42.5 Å². The number of benzene rings is 2. The number of halogens is 3. The van der Waals surface area contributed by atoms with Crippen LogP contribution < -0.4 is 4.74 Å². The first-order chi connectivity index (χ1) is 14.9. The van der Waals surface area contributed by atoms with E-state index in [9.17, 15) is 18.4 Å². The number of fused-ring (bicyclic) bond motifs is 1. The van der Waals surface area contributed by atoms with E-state index < -0.39 is 12.2 Å². The average Bonchev–Trinajstić information content (AvgIpc) is 3.22. The molecule has 0 saturated carbocycles. The number of carbonyl (C=O) groups is 2. The highest BCUT2D eigenvalue weighted by molar-refractivity contribution is 6.30. The molecule has 10 heteroatoms. The van der Waals surface area contributed by atoms with Crippen LogP contribution in [0.15, 0.2) is 42.5 Å². The summed E-state index contributed by atoms with van der Waals surface area (Å²) < 4.78 is 31.1. The molecule has 2 amide bonds. The van der Waals surface area contributed by atoms with Gasteiger partial charge < -0.3 is 19.5 Å². The Labute approximate surface area is 181 Å². The molecule has 7 nitrogen and oxygen atoms in total. The lowest BCUT2D eigenvalue weighted by Crippen LogP contribution is -2.51. The lowest BCUT2D eigenvalue weighted by atomic mass is 10.1. The van der Waals surface area contributed by atoms with Crippen molar-refractivity contribution < 1.29 is 23.1 Å². The number of carbonyl (C=O) groups excluding carboxylic acids is 2. The maximum absolute atomic E-state index is 12.8. The molecular formula is C21H19ClF2N4O3. The fourth-order valence-corrected chi connectivity index (χ4v) is 3.50. The summed E-state index contributed by atoms with van der Waals surface area (Å²) in [6.07, 6.45) is -2.71. The smallest absolute Gasteiger partial charge is 0.295 e. The van der Waals surface area contributed by atoms with Crippen molar-refractivity contribution in [3.05, 3.63) is 58.9 Å². The van der Waals surface area contributed by atoms with Crippen LogP contribution in [0.3, 0.4) is 0 Å². The van der Waals surface area contributed by atoms with Crippen molar-refractivity contribution >= 4 is 34.4 Å². The molecule has 0 bridgehead atoms. The number of alkyl halides is 2. The highest BCUT2D eigenvalue weighted by atomic mass is 35.5. The number of rotatable bonds is 5. The third-order valence-electron chi connectivity index (χ3n) is 5.05. The van der Waals surface area contributed by atoms with Crippen molar-refractivity contribution in [3.63, 3.8) is 0 Å². The van der Waals surface area contributed by atoms with Gasteiger partial charge >= 0.3 is 0 Å². The first kappa shape index (κ1) is 21.0. The predicted molar refractivity (Wildman–Crippen MR) is 110 cm³/mol. The Morgan fingerprint density at radius 2 is 1.74 bits per heavy atom. The molecule has 1 saturated heterocycles. The number of amides is 2. The Hall–Kier alpha value is -3.20. The zero-order valence-electron chi connectivity index (χ0n) is 16.4. The van der Waals surface area contributed by atoms with Gasteiger partial charge in [-0.15, -0.1) is 0 Å². The van der Waals surface area contributed by atoms with E-state index in [1.807, 2.05) is 0 Å². The molecular weight excluding hydrogens is 430 g/mol. The summed E-state index contributed by atoms with van der Waals surface area (Å²) in [5.74, 6) is -0.261. The minimum absolute atomic E-state index is 0.0987. The number of nitrogens with one attached hydrogen (secondary N) is 1. The largest absolute Gasteiger partial charge is 0.484 e. The number of aromatic amines is 1. The molecule has 2 aromatic carbocycles. The number of nitrogens with zero attached hydrogens (tertiary/aromatic N) is 3. The summed E-state index contributed by atoms with van der Waals surface area (Å²) in [6.45, 7) is 1.41. The van der Waals surface area contributed by atoms with Gasteiger partial charge in [-0.3, -0.25) is 9.59 Å². The van der Waals surface area contributed by atoms with E-state index in [4.69, 9.17) is 16.3 Å². The highest BCUT2D eigenvalue weighted by Crippen LogP contribution is 2.21. The lowest BCUT2D eigenvalue weighted by molar-refractivity contribution is -0.134. The van der Waals surface area contributed by atoms with Crippen molar-refractivity contribution in [1.29, 1.82) is 0 Å². The topological polar surface area (TPSA) is 78.5 Å². The molecule has 1 fully saturated rings. The van der Waals surface area contributed by atoms with Crippen LogP contribution >= 0.6 is 11.6 Å². The van der Waals surface area contributed by atoms with Crippen molar-refractivity contribution in [2.24, 2.45) is 0 Å². The van der Waals surface area contributed by atoms with Crippen LogP contribution in [0.5, 0.6) is 5.75 Å². The standard InChI is InChI=1S/C21H19ClF2N4O3/c22-14-2-4-15(5-3-14)31-12-18(29)27-7-9-28(10-8-27)21(30)13-1-6-16-17(11-13)26-20(25-16)19(23)24/h1-6,11,19H,7-10,12H2,(H,25,26). The number of hydrogen-bond acceptors (Lipinski definition) is 4. The quantitative estimate of drug-likeness (QED) is 0.647. The van der Waals surface area contributed by atoms with Gasteiger partial charge in [-0.1, -0.05) is 11.6 Å². The molecule has 0 spiro atoms. The van der Waals surface area contributed by atoms with E-state index in [1.165, 1.54) is 6.07 Å². The van der Waals surface area contributed by atoms with Crippen LogP contribution in [0.4, 0.5) is 8.78 Å². The lowest BCUT2D eigenvalue weighted by Gasteiger charge is -2.34. The number of aromatic nitrogens is 2. The van der Waals surface area contributed by atoms with Gasteiger partial charge in [0.15, 0.2) is 12.4 Å². The Morgan fingerprint density at radius 1 is 1.06 bits per heavy atom. The summed E-state index contributed by atoms with van der Waals surface area (Å²) in [4.78, 5) is 34.8. The van der Waals surface area contributed by atoms with E-state index in [2.05, 4.69) is 9.97 Å². The van der Waals surface area contributed by atoms with Crippen LogP contribution in [-0.4, -0.2) is 64.4 Å². The number of imidazole rings is 1. The maximum atomic E-state index is 12.8. The number of hydrogen-bond donors (Lipinski definition) is 1. The maximum Gasteiger partial charge on any atom is 0.295 e. The van der Waals surface area contributed by atoms with Crippen LogP contribution in [-0.2, 0) is 4.79 Å². The molecule has 0 aliphatic carbocycles. The molecule has 2 heterocycles. The minimum atomic E-state index is -2.71. The first-order valence-corrected chi connectivity index (χ1v) is 10.0. The van der Waals surface area contributed by atoms with E-state index in [1.54, 1.807) is 46.2 Å². The van der Waals surface area contributed by atoms with E-state index in [0.29, 0.717) is 53.5 Å². The van der Waals surface area contributed by atoms with E-state index in [-0.39, 0.29) is 18.4 Å². The third kappa shape index (κ3) is 4.77. The molecule has 3 aromatic rings. The molecule has 1 aliphatic heterocycles. The number of ether oxygens (including phenoxy) is 1. The predicted octanol–water partition coefficient (Wildman–Crippen LogP) is 3.52. The van der Waals surface area contributed by atoms with E-state index in [0.717, 1.165) is 0 Å². The second-order valence-corrected chi connectivity index (χ2v) is 7.51. The first-order valence-electron chi connectivity index (χ1n) is 9.64. The zero-order chi connectivity index (χ0) is 22.0. The molecule has 162 valence electrons. The Balaban J connectivity index is 1.32. The summed E-state index contributed by atoms with van der Waals surface area (Å²) in [5, 5.41) is 0.584. The second-order valence-electron chi connectivity index (χ2n) is 7.07. The SMILES string of the molecule is O=C(COc1ccc(Cl)cc1)N1CCN(C(=O)c2ccc3nc(C(F)F)[nH]c3c2)CC1. The van der Waals surface area contributed by atoms with Crippen LogP contribution in [0.1, 0.15) is 22.6 Å². The van der Waals surface area contributed by atoms with Crippen molar-refractivity contribution in [1.82, 2.24) is 19.8 Å². The van der Waals surface area contributed by atoms with Crippen LogP contribution in [0, 0.1) is 0 Å². The summed E-state index contributed by atoms with van der Waals surface area (Å²) in [5.41, 5.74) is 1.14. The van der Waals surface area contributed by atoms with Gasteiger partial charge in [0.25, 0.3) is 18.2 Å². The number of piperazine rings is 1. The molecule has 1 N–H and O–H groups in total. The molecule has 0 unspecified atom stereocenters. The van der Waals surface area contributed by atoms with Crippen LogP contribution in [0.2, 0.25) is 5.02 Å². The fraction of sp³-hybridized carbons (Fsp3) is 0.286. The van der Waals surface area contributed by atoms with Gasteiger partial charge in [0, 0.05) is 36.8 Å². The highest BCUT2D eigenvalue weighted by Gasteiger charge is 2.25. The summed E-state index contributed by atoms with van der Waals surface area (Å²) in [7, 11) is 0. The molecule has 1 aliphatic rings. The van der Waals surface area contributed by atoms with Gasteiger partial charge in [-0.2, -0.15) is 0 Å². The van der Waals surface area contributed by atoms with Crippen molar-refractivity contribution in [2.45, 2.75) is 6.43 Å².